The Labute approximate surface area is 177 Å². The molecule has 30 heavy (non-hydrogen) atoms. The molecule has 0 unspecified atom stereocenters. The topological polar surface area (TPSA) is 126 Å². The van der Waals surface area contributed by atoms with Gasteiger partial charge in [0.15, 0.2) is 5.17 Å². The molecule has 0 aromatic heterocycles. The molecule has 0 bridgehead atoms. The molecule has 2 N–H and O–H groups in total. The van der Waals surface area contributed by atoms with Crippen molar-refractivity contribution in [2.45, 2.75) is 44.4 Å². The first-order chi connectivity index (χ1) is 14.0. The van der Waals surface area contributed by atoms with E-state index in [1.54, 1.807) is 20.8 Å². The first-order valence-corrected chi connectivity index (χ1v) is 10.4. The zero-order valence-electron chi connectivity index (χ0n) is 16.9. The maximum Gasteiger partial charge on any atom is 0.413 e. The Morgan fingerprint density at radius 1 is 1.50 bits per heavy atom. The van der Waals surface area contributed by atoms with Crippen LogP contribution >= 0.6 is 11.8 Å². The number of aliphatic hydroxyl groups excluding tert-OH is 1. The zero-order chi connectivity index (χ0) is 22.3. The van der Waals surface area contributed by atoms with Crippen LogP contribution < -0.4 is 0 Å². The number of nitrogens with zero attached hydrogens (tertiary/aromatic N) is 3. The van der Waals surface area contributed by atoms with Gasteiger partial charge in [-0.25, -0.2) is 14.2 Å². The molecule has 1 saturated heterocycles. The normalized spacial score (nSPS) is 26.5. The number of nitro benzene ring substituents is 1. The Morgan fingerprint density at radius 2 is 2.20 bits per heavy atom. The Kier molecular flexibility index (Phi) is 6.08. The highest BCUT2D eigenvalue weighted by atomic mass is 32.2. The number of amides is 1. The van der Waals surface area contributed by atoms with Crippen LogP contribution in [-0.4, -0.2) is 61.9 Å². The van der Waals surface area contributed by atoms with Gasteiger partial charge in [0.2, 0.25) is 0 Å². The first kappa shape index (κ1) is 22.4. The lowest BCUT2D eigenvalue weighted by Gasteiger charge is -2.49. The van der Waals surface area contributed by atoms with Crippen molar-refractivity contribution in [3.8, 4) is 0 Å². The van der Waals surface area contributed by atoms with E-state index >= 15 is 4.39 Å². The summed E-state index contributed by atoms with van der Waals surface area (Å²) in [5, 5.41) is 31.1. The van der Waals surface area contributed by atoms with Gasteiger partial charge in [0.1, 0.15) is 5.82 Å². The summed E-state index contributed by atoms with van der Waals surface area (Å²) >= 11 is 1.19. The highest BCUT2D eigenvalue weighted by Gasteiger charge is 2.53. The predicted octanol–water partition coefficient (Wildman–Crippen LogP) is 3.21. The SMILES string of the molecule is CC(C)(C)N(C(=O)O)C1=N[C@@]2(c3cc([N+](=O)[O-])ccc3F)CCO[C@H](CO)[C@H]2CS1. The van der Waals surface area contributed by atoms with Crippen molar-refractivity contribution in [2.75, 3.05) is 19.0 Å². The second-order valence-electron chi connectivity index (χ2n) is 8.29. The van der Waals surface area contributed by atoms with E-state index < -0.39 is 39.9 Å². The van der Waals surface area contributed by atoms with Crippen LogP contribution in [0.5, 0.6) is 0 Å². The molecule has 0 saturated carbocycles. The smallest absolute Gasteiger partial charge is 0.413 e. The van der Waals surface area contributed by atoms with Crippen LogP contribution in [0.4, 0.5) is 14.9 Å². The molecule has 1 aromatic rings. The first-order valence-electron chi connectivity index (χ1n) is 9.44. The van der Waals surface area contributed by atoms with E-state index in [1.807, 2.05) is 0 Å². The van der Waals surface area contributed by atoms with E-state index in [4.69, 9.17) is 9.73 Å². The van der Waals surface area contributed by atoms with Crippen LogP contribution in [0.1, 0.15) is 32.8 Å². The molecule has 3 atom stereocenters. The summed E-state index contributed by atoms with van der Waals surface area (Å²) in [6.07, 6.45) is -1.65. The monoisotopic (exact) mass is 441 g/mol. The number of ether oxygens (including phenoxy) is 1. The molecule has 3 rings (SSSR count). The number of carboxylic acid groups (broad SMARTS) is 1. The number of benzene rings is 1. The van der Waals surface area contributed by atoms with Gasteiger partial charge in [0, 0.05) is 47.9 Å². The number of non-ortho nitro benzene ring substituents is 1. The number of fused-ring (bicyclic) bond motifs is 1. The van der Waals surface area contributed by atoms with Gasteiger partial charge in [0.25, 0.3) is 5.69 Å². The number of aliphatic hydroxyl groups is 1. The van der Waals surface area contributed by atoms with Gasteiger partial charge in [-0.2, -0.15) is 0 Å². The number of hydrogen-bond donors (Lipinski definition) is 2. The molecule has 1 fully saturated rings. The molecule has 2 aliphatic rings. The minimum absolute atomic E-state index is 0.0143. The van der Waals surface area contributed by atoms with Crippen LogP contribution in [0.3, 0.4) is 0 Å². The van der Waals surface area contributed by atoms with Crippen molar-refractivity contribution in [2.24, 2.45) is 10.9 Å². The van der Waals surface area contributed by atoms with Crippen molar-refractivity contribution in [1.29, 1.82) is 0 Å². The molecule has 9 nitrogen and oxygen atoms in total. The van der Waals surface area contributed by atoms with Gasteiger partial charge >= 0.3 is 6.09 Å². The molecule has 0 spiro atoms. The Bertz CT molecular complexity index is 890. The van der Waals surface area contributed by atoms with E-state index in [0.717, 1.165) is 23.1 Å². The molecule has 1 aromatic carbocycles. The van der Waals surface area contributed by atoms with E-state index in [0.29, 0.717) is 5.75 Å². The van der Waals surface area contributed by atoms with Crippen molar-refractivity contribution in [1.82, 2.24) is 4.90 Å². The maximum atomic E-state index is 15.0. The van der Waals surface area contributed by atoms with Crippen molar-refractivity contribution < 1.29 is 29.1 Å². The highest BCUT2D eigenvalue weighted by Crippen LogP contribution is 2.50. The third-order valence-corrected chi connectivity index (χ3v) is 6.48. The lowest BCUT2D eigenvalue weighted by Crippen LogP contribution is -2.56. The molecule has 0 aliphatic carbocycles. The summed E-state index contributed by atoms with van der Waals surface area (Å²) in [5.74, 6) is -0.847. The average molecular weight is 441 g/mol. The largest absolute Gasteiger partial charge is 0.465 e. The molecular weight excluding hydrogens is 417 g/mol. The van der Waals surface area contributed by atoms with Crippen LogP contribution in [0.15, 0.2) is 23.2 Å². The van der Waals surface area contributed by atoms with E-state index in [1.165, 1.54) is 11.8 Å². The molecule has 1 amide bonds. The third kappa shape index (κ3) is 3.88. The van der Waals surface area contributed by atoms with E-state index in [2.05, 4.69) is 0 Å². The molecule has 2 aliphatic heterocycles. The van der Waals surface area contributed by atoms with Gasteiger partial charge in [-0.15, -0.1) is 0 Å². The number of carbonyl (C=O) groups is 1. The number of aliphatic imine (C=N–C) groups is 1. The number of thioether (sulfide) groups is 1. The number of rotatable bonds is 3. The average Bonchev–Trinajstić information content (AvgIpc) is 2.65. The Balaban J connectivity index is 2.25. The quantitative estimate of drug-likeness (QED) is 0.545. The molecule has 2 heterocycles. The van der Waals surface area contributed by atoms with Crippen molar-refractivity contribution in [3.63, 3.8) is 0 Å². The van der Waals surface area contributed by atoms with E-state index in [-0.39, 0.29) is 36.1 Å². The number of nitro groups is 1. The van der Waals surface area contributed by atoms with Gasteiger partial charge in [0.05, 0.1) is 23.2 Å². The molecular formula is C19H24FN3O6S. The van der Waals surface area contributed by atoms with Gasteiger partial charge in [-0.05, 0) is 26.8 Å². The second kappa shape index (κ2) is 8.12. The van der Waals surface area contributed by atoms with Crippen molar-refractivity contribution in [3.05, 3.63) is 39.7 Å². The Morgan fingerprint density at radius 3 is 2.77 bits per heavy atom. The number of halogens is 1. The summed E-state index contributed by atoms with van der Waals surface area (Å²) in [5.41, 5.74) is -2.37. The zero-order valence-corrected chi connectivity index (χ0v) is 17.7. The third-order valence-electron chi connectivity index (χ3n) is 5.42. The van der Waals surface area contributed by atoms with Gasteiger partial charge in [-0.1, -0.05) is 11.8 Å². The lowest BCUT2D eigenvalue weighted by molar-refractivity contribution is -0.385. The highest BCUT2D eigenvalue weighted by molar-refractivity contribution is 8.13. The fourth-order valence-electron chi connectivity index (χ4n) is 4.03. The van der Waals surface area contributed by atoms with Crippen LogP contribution in [0.2, 0.25) is 0 Å². The van der Waals surface area contributed by atoms with Crippen LogP contribution in [0.25, 0.3) is 0 Å². The Hall–Kier alpha value is -2.24. The van der Waals surface area contributed by atoms with Crippen molar-refractivity contribution >= 4 is 28.7 Å². The lowest BCUT2D eigenvalue weighted by atomic mass is 9.72. The van der Waals surface area contributed by atoms with E-state index in [9.17, 15) is 25.1 Å². The molecule has 11 heteroatoms. The van der Waals surface area contributed by atoms with Gasteiger partial charge in [-0.3, -0.25) is 15.0 Å². The summed E-state index contributed by atoms with van der Waals surface area (Å²) in [7, 11) is 0. The minimum Gasteiger partial charge on any atom is -0.465 e. The molecule has 164 valence electrons. The summed E-state index contributed by atoms with van der Waals surface area (Å²) in [4.78, 5) is 28.5. The molecule has 0 radical (unpaired) electrons. The summed E-state index contributed by atoms with van der Waals surface area (Å²) in [6.45, 7) is 4.98. The predicted molar refractivity (Wildman–Crippen MR) is 109 cm³/mol. The van der Waals surface area contributed by atoms with Crippen LogP contribution in [-0.2, 0) is 10.3 Å². The minimum atomic E-state index is -1.29. The summed E-state index contributed by atoms with van der Waals surface area (Å²) < 4.78 is 20.7. The summed E-state index contributed by atoms with van der Waals surface area (Å²) in [6, 6.07) is 3.26. The maximum absolute atomic E-state index is 15.0. The fourth-order valence-corrected chi connectivity index (χ4v) is 5.56. The van der Waals surface area contributed by atoms with Crippen LogP contribution in [0, 0.1) is 21.8 Å². The number of amidine groups is 1. The standard InChI is InChI=1S/C19H24FN3O6S/c1-18(2,3)22(17(25)26)16-21-19(6-7-29-15(9-24)13(19)10-30-16)12-8-11(23(27)28)4-5-14(12)20/h4-5,8,13,15,24H,6-7,9-10H2,1-3H3,(H,25,26)/t13-,15-,19-/m1/s1. The number of hydrogen-bond acceptors (Lipinski definition) is 7. The van der Waals surface area contributed by atoms with Gasteiger partial charge < -0.3 is 14.9 Å². The second-order valence-corrected chi connectivity index (χ2v) is 9.28. The fraction of sp³-hybridized carbons (Fsp3) is 0.579.